The molecule has 1 aliphatic carbocycles. The highest BCUT2D eigenvalue weighted by Crippen LogP contribution is 2.29. The molecule has 0 bridgehead atoms. The Hall–Kier alpha value is -2.28. The number of nitrogens with zero attached hydrogens (tertiary/aromatic N) is 4. The van der Waals surface area contributed by atoms with E-state index in [4.69, 9.17) is 4.74 Å². The first-order valence-corrected chi connectivity index (χ1v) is 9.18. The molecular weight excluding hydrogens is 335 g/mol. The zero-order valence-electron chi connectivity index (χ0n) is 14.7. The minimum Gasteiger partial charge on any atom is -0.375 e. The minimum atomic E-state index is -0.311. The van der Waals surface area contributed by atoms with E-state index in [1.807, 2.05) is 15.8 Å². The van der Waals surface area contributed by atoms with E-state index in [9.17, 15) is 9.18 Å². The Morgan fingerprint density at radius 3 is 3.00 bits per heavy atom. The van der Waals surface area contributed by atoms with Gasteiger partial charge in [-0.25, -0.2) is 9.07 Å². The van der Waals surface area contributed by atoms with Crippen molar-refractivity contribution in [1.29, 1.82) is 0 Å². The fourth-order valence-electron chi connectivity index (χ4n) is 3.29. The highest BCUT2D eigenvalue weighted by atomic mass is 19.1. The van der Waals surface area contributed by atoms with Crippen LogP contribution in [0.25, 0.3) is 0 Å². The summed E-state index contributed by atoms with van der Waals surface area (Å²) in [7, 11) is 0. The predicted octanol–water partition coefficient (Wildman–Crippen LogP) is 2.36. The highest BCUT2D eigenvalue weighted by molar-refractivity contribution is 5.79. The van der Waals surface area contributed by atoms with Crippen molar-refractivity contribution in [2.24, 2.45) is 5.92 Å². The number of halogens is 1. The van der Waals surface area contributed by atoms with E-state index >= 15 is 0 Å². The number of likely N-dealkylation sites (tertiary alicyclic amines) is 1. The van der Waals surface area contributed by atoms with E-state index in [1.54, 1.807) is 12.1 Å². The number of aromatic nitrogens is 3. The van der Waals surface area contributed by atoms with Crippen LogP contribution in [0.2, 0.25) is 0 Å². The van der Waals surface area contributed by atoms with E-state index in [0.29, 0.717) is 25.3 Å². The zero-order valence-corrected chi connectivity index (χ0v) is 14.7. The van der Waals surface area contributed by atoms with Gasteiger partial charge in [-0.15, -0.1) is 5.10 Å². The molecule has 4 rings (SSSR count). The van der Waals surface area contributed by atoms with Gasteiger partial charge in [-0.2, -0.15) is 0 Å². The van der Waals surface area contributed by atoms with Crippen LogP contribution in [0.5, 0.6) is 0 Å². The van der Waals surface area contributed by atoms with Crippen LogP contribution in [0, 0.1) is 11.7 Å². The molecule has 1 unspecified atom stereocenters. The van der Waals surface area contributed by atoms with Crippen molar-refractivity contribution >= 4 is 5.91 Å². The molecule has 2 fully saturated rings. The number of hydrogen-bond donors (Lipinski definition) is 0. The maximum atomic E-state index is 13.3. The fraction of sp³-hybridized carbons (Fsp3) is 0.526. The van der Waals surface area contributed by atoms with E-state index in [0.717, 1.165) is 24.6 Å². The number of ether oxygens (including phenoxy) is 1. The summed E-state index contributed by atoms with van der Waals surface area (Å²) in [6.07, 6.45) is 5.53. The average Bonchev–Trinajstić information content (AvgIpc) is 3.11. The Balaban J connectivity index is 1.28. The molecule has 0 spiro atoms. The van der Waals surface area contributed by atoms with Gasteiger partial charge in [0.1, 0.15) is 11.5 Å². The molecule has 2 aliphatic rings. The molecule has 6 nitrogen and oxygen atoms in total. The van der Waals surface area contributed by atoms with Gasteiger partial charge in [0.25, 0.3) is 0 Å². The topological polar surface area (TPSA) is 60.2 Å². The van der Waals surface area contributed by atoms with Gasteiger partial charge in [-0.1, -0.05) is 17.3 Å². The summed E-state index contributed by atoms with van der Waals surface area (Å²) >= 11 is 0. The third kappa shape index (κ3) is 4.27. The van der Waals surface area contributed by atoms with Gasteiger partial charge in [-0.05, 0) is 42.9 Å². The van der Waals surface area contributed by atoms with Crippen LogP contribution in [0.4, 0.5) is 4.39 Å². The number of benzene rings is 1. The van der Waals surface area contributed by atoms with Crippen molar-refractivity contribution in [3.63, 3.8) is 0 Å². The summed E-state index contributed by atoms with van der Waals surface area (Å²) in [6, 6.07) is 6.34. The van der Waals surface area contributed by atoms with Gasteiger partial charge in [0.05, 0.1) is 25.3 Å². The summed E-state index contributed by atoms with van der Waals surface area (Å²) in [6.45, 7) is 2.59. The number of carbonyl (C=O) groups is 1. The van der Waals surface area contributed by atoms with Gasteiger partial charge >= 0.3 is 0 Å². The first-order chi connectivity index (χ1) is 12.7. The van der Waals surface area contributed by atoms with Crippen LogP contribution in [0.1, 0.15) is 36.6 Å². The molecule has 1 saturated carbocycles. The van der Waals surface area contributed by atoms with Crippen LogP contribution in [-0.2, 0) is 22.6 Å². The number of hydrogen-bond acceptors (Lipinski definition) is 4. The standard InChI is InChI=1S/C19H23FN4O2/c20-16-3-1-2-15(8-16)9-19(25)23-7-6-18(11-23)24-10-17(21-22-24)13-26-12-14-4-5-14/h1-3,8,10,14,18H,4-7,9,11-13H2. The van der Waals surface area contributed by atoms with E-state index < -0.39 is 0 Å². The molecule has 1 atom stereocenters. The van der Waals surface area contributed by atoms with Gasteiger partial charge < -0.3 is 9.64 Å². The van der Waals surface area contributed by atoms with Gasteiger partial charge in [-0.3, -0.25) is 4.79 Å². The molecule has 1 aromatic heterocycles. The molecule has 1 aliphatic heterocycles. The SMILES string of the molecule is O=C(Cc1cccc(F)c1)N1CCC(n2cc(COCC3CC3)nn2)C1. The Labute approximate surface area is 151 Å². The molecule has 138 valence electrons. The zero-order chi connectivity index (χ0) is 17.9. The maximum Gasteiger partial charge on any atom is 0.227 e. The number of rotatable bonds is 7. The minimum absolute atomic E-state index is 0.0196. The normalized spacial score (nSPS) is 19.9. The Kier molecular flexibility index (Phi) is 4.97. The largest absolute Gasteiger partial charge is 0.375 e. The van der Waals surface area contributed by atoms with Crippen molar-refractivity contribution < 1.29 is 13.9 Å². The first-order valence-electron chi connectivity index (χ1n) is 9.18. The second-order valence-corrected chi connectivity index (χ2v) is 7.24. The molecule has 1 amide bonds. The van der Waals surface area contributed by atoms with Crippen LogP contribution in [0.3, 0.4) is 0 Å². The average molecular weight is 358 g/mol. The summed E-state index contributed by atoms with van der Waals surface area (Å²) in [4.78, 5) is 14.3. The summed E-state index contributed by atoms with van der Waals surface area (Å²) in [5, 5.41) is 8.37. The Bertz CT molecular complexity index is 774. The van der Waals surface area contributed by atoms with Crippen molar-refractivity contribution in [3.05, 3.63) is 47.5 Å². The van der Waals surface area contributed by atoms with Crippen LogP contribution >= 0.6 is 0 Å². The second-order valence-electron chi connectivity index (χ2n) is 7.24. The quantitative estimate of drug-likeness (QED) is 0.762. The third-order valence-electron chi connectivity index (χ3n) is 4.99. The molecule has 7 heteroatoms. The van der Waals surface area contributed by atoms with Crippen LogP contribution in [-0.4, -0.2) is 45.5 Å². The Morgan fingerprint density at radius 2 is 2.19 bits per heavy atom. The third-order valence-corrected chi connectivity index (χ3v) is 4.99. The van der Waals surface area contributed by atoms with Gasteiger partial charge in [0.15, 0.2) is 0 Å². The molecule has 26 heavy (non-hydrogen) atoms. The van der Waals surface area contributed by atoms with Crippen molar-refractivity contribution in [2.45, 2.75) is 38.3 Å². The van der Waals surface area contributed by atoms with Crippen LogP contribution < -0.4 is 0 Å². The maximum absolute atomic E-state index is 13.3. The molecule has 0 N–H and O–H groups in total. The van der Waals surface area contributed by atoms with Gasteiger partial charge in [0.2, 0.25) is 5.91 Å². The summed E-state index contributed by atoms with van der Waals surface area (Å²) in [5.74, 6) is 0.442. The predicted molar refractivity (Wildman–Crippen MR) is 92.7 cm³/mol. The Morgan fingerprint density at radius 1 is 1.31 bits per heavy atom. The molecule has 0 radical (unpaired) electrons. The molecule has 2 heterocycles. The van der Waals surface area contributed by atoms with E-state index in [1.165, 1.54) is 25.0 Å². The number of amides is 1. The van der Waals surface area contributed by atoms with Gasteiger partial charge in [0, 0.05) is 19.7 Å². The second kappa shape index (κ2) is 7.53. The lowest BCUT2D eigenvalue weighted by atomic mass is 10.1. The lowest BCUT2D eigenvalue weighted by Gasteiger charge is -2.16. The lowest BCUT2D eigenvalue weighted by Crippen LogP contribution is -2.30. The monoisotopic (exact) mass is 358 g/mol. The summed E-state index contributed by atoms with van der Waals surface area (Å²) in [5.41, 5.74) is 1.53. The molecule has 2 aromatic rings. The van der Waals surface area contributed by atoms with E-state index in [2.05, 4.69) is 10.3 Å². The van der Waals surface area contributed by atoms with Crippen LogP contribution in [0.15, 0.2) is 30.5 Å². The highest BCUT2D eigenvalue weighted by Gasteiger charge is 2.28. The molecule has 1 saturated heterocycles. The van der Waals surface area contributed by atoms with Crippen molar-refractivity contribution in [1.82, 2.24) is 19.9 Å². The lowest BCUT2D eigenvalue weighted by molar-refractivity contribution is -0.129. The summed E-state index contributed by atoms with van der Waals surface area (Å²) < 4.78 is 20.7. The van der Waals surface area contributed by atoms with Crippen molar-refractivity contribution in [2.75, 3.05) is 19.7 Å². The van der Waals surface area contributed by atoms with E-state index in [-0.39, 0.29) is 24.2 Å². The first kappa shape index (κ1) is 17.1. The van der Waals surface area contributed by atoms with Crippen molar-refractivity contribution in [3.8, 4) is 0 Å². The molecular formula is C19H23FN4O2. The molecule has 1 aromatic carbocycles. The smallest absolute Gasteiger partial charge is 0.227 e. The fourth-order valence-corrected chi connectivity index (χ4v) is 3.29. The number of carbonyl (C=O) groups excluding carboxylic acids is 1.